The van der Waals surface area contributed by atoms with E-state index >= 15 is 0 Å². The first-order chi connectivity index (χ1) is 11.2. The van der Waals surface area contributed by atoms with Crippen LogP contribution in [0.25, 0.3) is 0 Å². The Morgan fingerprint density at radius 3 is 2.17 bits per heavy atom. The summed E-state index contributed by atoms with van der Waals surface area (Å²) in [4.78, 5) is 14.7. The van der Waals surface area contributed by atoms with Gasteiger partial charge in [0, 0.05) is 30.7 Å². The molecule has 1 heterocycles. The summed E-state index contributed by atoms with van der Waals surface area (Å²) < 4.78 is 0. The van der Waals surface area contributed by atoms with Gasteiger partial charge >= 0.3 is 0 Å². The summed E-state index contributed by atoms with van der Waals surface area (Å²) in [6.45, 7) is 4.31. The Morgan fingerprint density at radius 2 is 1.57 bits per heavy atom. The maximum atomic E-state index is 12.2. The van der Waals surface area contributed by atoms with Gasteiger partial charge in [-0.1, -0.05) is 48.5 Å². The lowest BCUT2D eigenvalue weighted by Crippen LogP contribution is -2.45. The van der Waals surface area contributed by atoms with Gasteiger partial charge in [-0.3, -0.25) is 9.69 Å². The van der Waals surface area contributed by atoms with E-state index in [1.807, 2.05) is 30.3 Å². The lowest BCUT2D eigenvalue weighted by molar-refractivity contribution is 0.0896. The van der Waals surface area contributed by atoms with Crippen LogP contribution in [0.15, 0.2) is 60.7 Å². The minimum Gasteiger partial charge on any atom is -0.349 e. The number of likely N-dealkylation sites (tertiary alicyclic amines) is 1. The Hall–Kier alpha value is -2.13. The molecular weight excluding hydrogens is 284 g/mol. The molecular formula is C20H24N2O. The van der Waals surface area contributed by atoms with Crippen molar-refractivity contribution in [3.05, 3.63) is 71.8 Å². The number of piperidine rings is 1. The fraction of sp³-hybridized carbons (Fsp3) is 0.350. The van der Waals surface area contributed by atoms with E-state index in [9.17, 15) is 4.79 Å². The predicted molar refractivity (Wildman–Crippen MR) is 93.4 cm³/mol. The molecule has 1 saturated heterocycles. The van der Waals surface area contributed by atoms with Crippen molar-refractivity contribution in [1.82, 2.24) is 10.2 Å². The standard InChI is InChI=1S/C20H24N2O/c1-16(17-8-4-2-5-9-17)22-14-12-19(13-15-22)21-20(23)18-10-6-3-7-11-18/h2-11,16,19H,12-15H2,1H3,(H,21,23). The van der Waals surface area contributed by atoms with Gasteiger partial charge in [0.1, 0.15) is 0 Å². The summed E-state index contributed by atoms with van der Waals surface area (Å²) in [5.41, 5.74) is 2.10. The van der Waals surface area contributed by atoms with Crippen molar-refractivity contribution in [1.29, 1.82) is 0 Å². The van der Waals surface area contributed by atoms with Gasteiger partial charge in [0.25, 0.3) is 5.91 Å². The number of carbonyl (C=O) groups is 1. The molecule has 3 heteroatoms. The molecule has 0 spiro atoms. The second-order valence-electron chi connectivity index (χ2n) is 6.24. The summed E-state index contributed by atoms with van der Waals surface area (Å²) >= 11 is 0. The van der Waals surface area contributed by atoms with Crippen molar-refractivity contribution >= 4 is 5.91 Å². The molecule has 0 aromatic heterocycles. The van der Waals surface area contributed by atoms with Crippen molar-refractivity contribution in [3.63, 3.8) is 0 Å². The van der Waals surface area contributed by atoms with E-state index in [0.717, 1.165) is 31.5 Å². The fourth-order valence-electron chi connectivity index (χ4n) is 3.23. The van der Waals surface area contributed by atoms with Crippen LogP contribution in [0.2, 0.25) is 0 Å². The predicted octanol–water partition coefficient (Wildman–Crippen LogP) is 3.64. The van der Waals surface area contributed by atoms with Gasteiger partial charge in [0.2, 0.25) is 0 Å². The summed E-state index contributed by atoms with van der Waals surface area (Å²) in [5.74, 6) is 0.0418. The van der Waals surface area contributed by atoms with E-state index in [2.05, 4.69) is 47.5 Å². The van der Waals surface area contributed by atoms with E-state index < -0.39 is 0 Å². The lowest BCUT2D eigenvalue weighted by Gasteiger charge is -2.36. The van der Waals surface area contributed by atoms with Crippen molar-refractivity contribution in [2.45, 2.75) is 31.8 Å². The van der Waals surface area contributed by atoms with E-state index in [4.69, 9.17) is 0 Å². The van der Waals surface area contributed by atoms with Crippen LogP contribution in [0.3, 0.4) is 0 Å². The molecule has 120 valence electrons. The van der Waals surface area contributed by atoms with Gasteiger partial charge in [-0.15, -0.1) is 0 Å². The summed E-state index contributed by atoms with van der Waals surface area (Å²) in [7, 11) is 0. The number of rotatable bonds is 4. The zero-order valence-corrected chi connectivity index (χ0v) is 13.6. The molecule has 0 aliphatic carbocycles. The molecule has 1 aliphatic rings. The lowest BCUT2D eigenvalue weighted by atomic mass is 10.00. The summed E-state index contributed by atoms with van der Waals surface area (Å²) in [6, 6.07) is 20.8. The van der Waals surface area contributed by atoms with E-state index in [0.29, 0.717) is 6.04 Å². The van der Waals surface area contributed by atoms with Crippen LogP contribution in [-0.2, 0) is 0 Å². The van der Waals surface area contributed by atoms with Crippen LogP contribution in [0.5, 0.6) is 0 Å². The zero-order valence-electron chi connectivity index (χ0n) is 13.6. The van der Waals surface area contributed by atoms with Crippen LogP contribution in [0.1, 0.15) is 41.7 Å². The Morgan fingerprint density at radius 1 is 1.00 bits per heavy atom. The molecule has 2 aromatic carbocycles. The van der Waals surface area contributed by atoms with Gasteiger partial charge in [0.15, 0.2) is 0 Å². The molecule has 0 bridgehead atoms. The first-order valence-electron chi connectivity index (χ1n) is 8.39. The number of amides is 1. The highest BCUT2D eigenvalue weighted by molar-refractivity contribution is 5.94. The maximum Gasteiger partial charge on any atom is 0.251 e. The fourth-order valence-corrected chi connectivity index (χ4v) is 3.23. The molecule has 0 saturated carbocycles. The number of carbonyl (C=O) groups excluding carboxylic acids is 1. The molecule has 1 N–H and O–H groups in total. The quantitative estimate of drug-likeness (QED) is 0.935. The van der Waals surface area contributed by atoms with Gasteiger partial charge in [-0.05, 0) is 37.5 Å². The third-order valence-corrected chi connectivity index (χ3v) is 4.73. The van der Waals surface area contributed by atoms with Gasteiger partial charge in [-0.25, -0.2) is 0 Å². The Balaban J connectivity index is 1.52. The van der Waals surface area contributed by atoms with Crippen molar-refractivity contribution < 1.29 is 4.79 Å². The largest absolute Gasteiger partial charge is 0.349 e. The van der Waals surface area contributed by atoms with E-state index in [1.165, 1.54) is 5.56 Å². The topological polar surface area (TPSA) is 32.3 Å². The number of hydrogen-bond acceptors (Lipinski definition) is 2. The Bertz CT molecular complexity index is 619. The van der Waals surface area contributed by atoms with Crippen molar-refractivity contribution in [2.75, 3.05) is 13.1 Å². The van der Waals surface area contributed by atoms with Crippen LogP contribution >= 0.6 is 0 Å². The molecule has 1 fully saturated rings. The van der Waals surface area contributed by atoms with Crippen LogP contribution in [0.4, 0.5) is 0 Å². The van der Waals surface area contributed by atoms with Crippen LogP contribution in [0, 0.1) is 0 Å². The summed E-state index contributed by atoms with van der Waals surface area (Å²) in [6.07, 6.45) is 2.02. The van der Waals surface area contributed by atoms with Crippen molar-refractivity contribution in [2.24, 2.45) is 0 Å². The zero-order chi connectivity index (χ0) is 16.1. The Labute approximate surface area is 138 Å². The van der Waals surface area contributed by atoms with Crippen LogP contribution < -0.4 is 5.32 Å². The second kappa shape index (κ2) is 7.42. The molecule has 1 amide bonds. The van der Waals surface area contributed by atoms with Gasteiger partial charge in [0.05, 0.1) is 0 Å². The minimum absolute atomic E-state index is 0.0418. The van der Waals surface area contributed by atoms with E-state index in [1.54, 1.807) is 0 Å². The SMILES string of the molecule is CC(c1ccccc1)N1CCC(NC(=O)c2ccccc2)CC1. The number of benzene rings is 2. The highest BCUT2D eigenvalue weighted by atomic mass is 16.1. The molecule has 2 aromatic rings. The average molecular weight is 308 g/mol. The maximum absolute atomic E-state index is 12.2. The smallest absolute Gasteiger partial charge is 0.251 e. The number of nitrogens with zero attached hydrogens (tertiary/aromatic N) is 1. The molecule has 1 atom stereocenters. The van der Waals surface area contributed by atoms with Crippen LogP contribution in [-0.4, -0.2) is 29.9 Å². The molecule has 0 radical (unpaired) electrons. The monoisotopic (exact) mass is 308 g/mol. The van der Waals surface area contributed by atoms with Crippen molar-refractivity contribution in [3.8, 4) is 0 Å². The molecule has 1 aliphatic heterocycles. The molecule has 1 unspecified atom stereocenters. The number of hydrogen-bond donors (Lipinski definition) is 1. The molecule has 23 heavy (non-hydrogen) atoms. The highest BCUT2D eigenvalue weighted by Crippen LogP contribution is 2.24. The highest BCUT2D eigenvalue weighted by Gasteiger charge is 2.24. The average Bonchev–Trinajstić information content (AvgIpc) is 2.63. The number of nitrogens with one attached hydrogen (secondary N) is 1. The van der Waals surface area contributed by atoms with E-state index in [-0.39, 0.29) is 11.9 Å². The van der Waals surface area contributed by atoms with Gasteiger partial charge < -0.3 is 5.32 Å². The Kier molecular flexibility index (Phi) is 5.09. The molecule has 3 rings (SSSR count). The first kappa shape index (κ1) is 15.8. The normalized spacial score (nSPS) is 17.6. The minimum atomic E-state index is 0.0418. The van der Waals surface area contributed by atoms with Gasteiger partial charge in [-0.2, -0.15) is 0 Å². The third kappa shape index (κ3) is 3.99. The first-order valence-corrected chi connectivity index (χ1v) is 8.39. The third-order valence-electron chi connectivity index (χ3n) is 4.73. The molecule has 3 nitrogen and oxygen atoms in total. The second-order valence-corrected chi connectivity index (χ2v) is 6.24. The summed E-state index contributed by atoms with van der Waals surface area (Å²) in [5, 5.41) is 3.17.